The Balaban J connectivity index is 0.00000134. The Bertz CT molecular complexity index is 3780. The number of alkyl carbamates (subject to hydrolysis) is 3. The van der Waals surface area contributed by atoms with Crippen LogP contribution in [0.4, 0.5) is 14.4 Å². The van der Waals surface area contributed by atoms with Crippen molar-refractivity contribution in [1.82, 2.24) is 61.8 Å². The molecule has 2 saturated heterocycles. The number of carboxylic acid groups (broad SMARTS) is 1. The fourth-order valence-electron chi connectivity index (χ4n) is 14.7. The second-order valence-corrected chi connectivity index (χ2v) is 36.8. The first-order chi connectivity index (χ1) is 67.3. The number of rotatable bonds is 66. The predicted molar refractivity (Wildman–Crippen MR) is 525 cm³/mol. The number of aliphatic hydroxyl groups excluding tert-OH is 5. The van der Waals surface area contributed by atoms with Gasteiger partial charge in [0.25, 0.3) is 0 Å². The van der Waals surface area contributed by atoms with Crippen LogP contribution in [0.25, 0.3) is 0 Å². The van der Waals surface area contributed by atoms with Gasteiger partial charge >= 0.3 is 30.2 Å². The van der Waals surface area contributed by atoms with Crippen LogP contribution in [-0.4, -0.2) is 399 Å². The van der Waals surface area contributed by atoms with Crippen molar-refractivity contribution in [3.63, 3.8) is 0 Å². The zero-order valence-electron chi connectivity index (χ0n) is 86.4. The zero-order chi connectivity index (χ0) is 106. The topological polar surface area (TPSA) is 566 Å². The minimum absolute atomic E-state index is 0.00142. The van der Waals surface area contributed by atoms with Gasteiger partial charge in [0.15, 0.2) is 25.2 Å². The normalized spacial score (nSPS) is 17.1. The molecule has 0 aliphatic carbocycles. The lowest BCUT2D eigenvalue weighted by Gasteiger charge is -2.41. The summed E-state index contributed by atoms with van der Waals surface area (Å²) < 4.78 is 74.1. The molecule has 0 saturated carbocycles. The molecule has 1 aromatic heterocycles. The van der Waals surface area contributed by atoms with Gasteiger partial charge in [-0.05, 0) is 119 Å². The summed E-state index contributed by atoms with van der Waals surface area (Å²) in [5.41, 5.74) is 0.779. The standard InChI is InChI=1S/C59H100N8O15.C18H29N3O6S2.C11H21NO7.C7H16O4/c1-16-38(7)52(65(12)57(74)50(36(3)4)63-56(73)51(37(5)6)64(10)11)46(77-13)32-48(70)66-29-21-25-44(66)53(79-15)40(9)54(71)62-43(31-41-23-19-18-20-24-41)55(72)61-39(8)34-80-58(75)45-26-22-30-67(45)47(69)27-28-60-59(76)81-35-49(78-14)82-42(17-2)33-68;1-3-14(12-22)27-17(25-2)13-26-18(24)21-9-7-15(23)19-10-11-28-29-16-6-4-5-8-20-16;1-3-8(6-13)19-10(17-2)7-18-11(16)12-5-4-9(14)15;1-3-6(4-8)11-7(5-9)10-2/h18-20,23-24,36-40,42-46,49-53,68H,16-17,21-22,25-35H2,1-15H3,(H,60,76)(H,61,72)(H,62,71)(H,63,73);4-6,8,14,17,22H,3,7,9-13H2,1-2H3,(H,19,23)(H,21,24);8,10,13H,3-7H2,1-2H3,(H,12,16)(H,14,15);6-9H,3-5H2,1-2H3/t38-,39?,40+,42?,43-,44-,45-,46+,49?,50-,51-,52-,53+;;;/m0.../s1. The van der Waals surface area contributed by atoms with Gasteiger partial charge in [-0.2, -0.15) is 0 Å². The van der Waals surface area contributed by atoms with Crippen molar-refractivity contribution in [2.75, 3.05) is 168 Å². The molecule has 10 amide bonds. The number of likely N-dealkylation sites (N-methyl/N-ethyl adjacent to an activating group) is 2. The van der Waals surface area contributed by atoms with Crippen molar-refractivity contribution in [3.8, 4) is 0 Å². The molecule has 2 aliphatic rings. The Morgan fingerprint density at radius 1 is 0.504 bits per heavy atom. The number of methoxy groups -OCH3 is 6. The van der Waals surface area contributed by atoms with Crippen LogP contribution in [0.3, 0.4) is 0 Å². The molecule has 810 valence electrons. The highest BCUT2D eigenvalue weighted by Gasteiger charge is 2.45. The van der Waals surface area contributed by atoms with Gasteiger partial charge in [0.2, 0.25) is 41.4 Å². The Labute approximate surface area is 839 Å². The maximum absolute atomic E-state index is 14.6. The molecule has 2 aliphatic heterocycles. The van der Waals surface area contributed by atoms with E-state index in [-0.39, 0.29) is 177 Å². The van der Waals surface area contributed by atoms with Gasteiger partial charge in [-0.25, -0.2) is 24.2 Å². The Kier molecular flexibility index (Phi) is 70.4. The third kappa shape index (κ3) is 52.2. The quantitative estimate of drug-likeness (QED) is 0.0139. The highest BCUT2D eigenvalue weighted by Crippen LogP contribution is 2.32. The molecule has 46 heteroatoms. The number of carbonyl (C=O) groups is 12. The minimum Gasteiger partial charge on any atom is -0.481 e. The molecular weight excluding hydrogens is 1890 g/mol. The van der Waals surface area contributed by atoms with Crippen molar-refractivity contribution in [2.24, 2.45) is 23.7 Å². The van der Waals surface area contributed by atoms with Crippen LogP contribution in [0, 0.1) is 23.7 Å². The van der Waals surface area contributed by atoms with Gasteiger partial charge in [0.05, 0.1) is 113 Å². The number of pyridine rings is 1. The molecule has 0 bridgehead atoms. The second-order valence-electron chi connectivity index (χ2n) is 34.4. The smallest absolute Gasteiger partial charge is 0.407 e. The molecule has 0 radical (unpaired) electrons. The molecule has 9 unspecified atom stereocenters. The Morgan fingerprint density at radius 3 is 1.45 bits per heavy atom. The molecule has 0 spiro atoms. The molecule has 1 aromatic carbocycles. The maximum atomic E-state index is 14.6. The summed E-state index contributed by atoms with van der Waals surface area (Å²) in [6.45, 7) is 22.4. The van der Waals surface area contributed by atoms with Gasteiger partial charge in [0.1, 0.15) is 49.6 Å². The second kappa shape index (κ2) is 76.1. The molecule has 2 fully saturated rings. The minimum atomic E-state index is -1.06. The van der Waals surface area contributed by atoms with Crippen LogP contribution in [0.15, 0.2) is 59.8 Å². The number of carbonyl (C=O) groups excluding carboxylic acids is 11. The number of aliphatic carboxylic acids is 1. The summed E-state index contributed by atoms with van der Waals surface area (Å²) in [6.07, 6.45) is -1.29. The number of nitrogens with zero attached hydrogens (tertiary/aromatic N) is 5. The van der Waals surface area contributed by atoms with E-state index in [1.54, 1.807) is 58.5 Å². The Hall–Kier alpha value is -8.53. The van der Waals surface area contributed by atoms with Crippen LogP contribution >= 0.6 is 21.6 Å². The summed E-state index contributed by atoms with van der Waals surface area (Å²) in [6, 6.07) is 9.98. The number of nitrogens with one attached hydrogen (secondary N) is 7. The third-order valence-corrected chi connectivity index (χ3v) is 25.2. The summed E-state index contributed by atoms with van der Waals surface area (Å²) >= 11 is 0. The zero-order valence-corrected chi connectivity index (χ0v) is 88.0. The first kappa shape index (κ1) is 130. The predicted octanol–water partition coefficient (Wildman–Crippen LogP) is 4.78. The van der Waals surface area contributed by atoms with E-state index in [0.29, 0.717) is 77.4 Å². The molecular formula is C95H166N12O32S2. The lowest BCUT2D eigenvalue weighted by Crippen LogP contribution is -2.59. The molecule has 4 rings (SSSR count). The summed E-state index contributed by atoms with van der Waals surface area (Å²) in [7, 11) is 17.2. The van der Waals surface area contributed by atoms with Gasteiger partial charge < -0.3 is 149 Å². The number of hydrogen-bond acceptors (Lipinski definition) is 35. The van der Waals surface area contributed by atoms with Gasteiger partial charge in [-0.15, -0.1) is 0 Å². The van der Waals surface area contributed by atoms with E-state index in [1.165, 1.54) is 47.6 Å². The van der Waals surface area contributed by atoms with Crippen molar-refractivity contribution in [2.45, 2.75) is 282 Å². The molecule has 2 aromatic rings. The fraction of sp³-hybridized carbons (Fsp3) is 0.758. The average Bonchev–Trinajstić information content (AvgIpc) is 1.77. The number of aliphatic hydroxyl groups is 5. The number of esters is 1. The van der Waals surface area contributed by atoms with Gasteiger partial charge in [-0.1, -0.05) is 130 Å². The lowest BCUT2D eigenvalue weighted by atomic mass is 9.89. The van der Waals surface area contributed by atoms with Crippen molar-refractivity contribution in [3.05, 3.63) is 60.3 Å². The molecule has 3 heterocycles. The number of benzene rings is 1. The lowest BCUT2D eigenvalue weighted by molar-refractivity contribution is -0.181. The molecule has 141 heavy (non-hydrogen) atoms. The van der Waals surface area contributed by atoms with Crippen LogP contribution in [0.1, 0.15) is 172 Å². The number of hydrogen-bond donors (Lipinski definition) is 13. The summed E-state index contributed by atoms with van der Waals surface area (Å²) in [5.74, 6) is -4.33. The summed E-state index contributed by atoms with van der Waals surface area (Å²) in [5, 5.41) is 73.0. The highest BCUT2D eigenvalue weighted by atomic mass is 33.1. The van der Waals surface area contributed by atoms with E-state index in [4.69, 9.17) is 91.8 Å². The van der Waals surface area contributed by atoms with E-state index < -0.39 is 134 Å². The third-order valence-electron chi connectivity index (χ3n) is 23.0. The van der Waals surface area contributed by atoms with Gasteiger partial charge in [-0.3, -0.25) is 43.3 Å². The summed E-state index contributed by atoms with van der Waals surface area (Å²) in [4.78, 5) is 166. The monoisotopic (exact) mass is 2050 g/mol. The van der Waals surface area contributed by atoms with E-state index in [1.807, 2.05) is 137 Å². The SMILES string of the molecule is CCC(CO)OC(CO)OC.CCC(CO)OC(COC(=O)NCCC(=O)N1CCC[C@H]1C(=O)OCC(C)NC(=O)[C@H](Cc1ccccc1)NC(=O)[C@H](C)[C@@H](OC)[C@@H]1CCCN1C(=O)C[C@@H](OC)[C@H]([C@@H](C)CC)N(C)C(=O)[C@@H](NC(=O)[C@H](C(C)C)N(C)C)C(C)C)OC.CCC(CO)OC(COC(=O)NCCC(=O)NCCSSc1ccccn1)OC.CCC(CO)OC(COC(=O)NCCC(=O)O)OC. The van der Waals surface area contributed by atoms with Gasteiger partial charge in [0, 0.05) is 120 Å². The number of amides is 10. The van der Waals surface area contributed by atoms with Crippen LogP contribution in [-0.2, 0) is 116 Å². The molecule has 13 N–H and O–H groups in total. The van der Waals surface area contributed by atoms with Crippen molar-refractivity contribution >= 4 is 93.2 Å². The largest absolute Gasteiger partial charge is 0.481 e. The maximum Gasteiger partial charge on any atom is 0.407 e. The van der Waals surface area contributed by atoms with E-state index in [9.17, 15) is 62.6 Å². The van der Waals surface area contributed by atoms with Crippen molar-refractivity contribution < 1.29 is 154 Å². The number of carboxylic acids is 1. The van der Waals surface area contributed by atoms with E-state index in [2.05, 4.69) is 42.2 Å². The average molecular weight is 2050 g/mol. The number of ether oxygens (including phenoxy) is 14. The number of likely N-dealkylation sites (tertiary alicyclic amines) is 2. The first-order valence-electron chi connectivity index (χ1n) is 48.2. The Morgan fingerprint density at radius 2 is 1.00 bits per heavy atom. The molecule has 44 nitrogen and oxygen atoms in total. The van der Waals surface area contributed by atoms with E-state index in [0.717, 1.165) is 16.3 Å². The number of aromatic nitrogens is 1. The first-order valence-corrected chi connectivity index (χ1v) is 50.5. The van der Waals surface area contributed by atoms with Crippen LogP contribution < -0.4 is 37.2 Å². The highest BCUT2D eigenvalue weighted by molar-refractivity contribution is 8.76. The van der Waals surface area contributed by atoms with Crippen LogP contribution in [0.5, 0.6) is 0 Å². The van der Waals surface area contributed by atoms with Crippen LogP contribution in [0.2, 0.25) is 0 Å². The van der Waals surface area contributed by atoms with Crippen molar-refractivity contribution in [1.29, 1.82) is 0 Å². The molecule has 19 atom stereocenters. The van der Waals surface area contributed by atoms with E-state index >= 15 is 0 Å². The fourth-order valence-corrected chi connectivity index (χ4v) is 16.5.